The average Bonchev–Trinajstić information content (AvgIpc) is 2.92. The Bertz CT molecular complexity index is 797. The highest BCUT2D eigenvalue weighted by molar-refractivity contribution is 9.10. The van der Waals surface area contributed by atoms with Crippen molar-refractivity contribution in [2.75, 3.05) is 20.8 Å². The fraction of sp³-hybridized carbons (Fsp3) is 0.476. The first-order valence-corrected chi connectivity index (χ1v) is 9.97. The van der Waals surface area contributed by atoms with Gasteiger partial charge in [-0.05, 0) is 77.1 Å². The second-order valence-electron chi connectivity index (χ2n) is 7.48. The number of methoxy groups -OCH3 is 2. The van der Waals surface area contributed by atoms with E-state index in [2.05, 4.69) is 56.6 Å². The molecule has 4 nitrogen and oxygen atoms in total. The molecule has 0 radical (unpaired) electrons. The van der Waals surface area contributed by atoms with Gasteiger partial charge in [0, 0.05) is 30.7 Å². The van der Waals surface area contributed by atoms with E-state index >= 15 is 0 Å². The molecule has 2 heterocycles. The molecule has 4 rings (SSSR count). The first-order valence-electron chi connectivity index (χ1n) is 9.18. The average molecular weight is 417 g/mol. The number of hydrogen-bond donors (Lipinski definition) is 1. The number of nitrogens with zero attached hydrogens (tertiary/aromatic N) is 1. The van der Waals surface area contributed by atoms with Crippen LogP contribution in [-0.2, 0) is 17.6 Å². The lowest BCUT2D eigenvalue weighted by Crippen LogP contribution is -2.47. The summed E-state index contributed by atoms with van der Waals surface area (Å²) in [6.45, 7) is 1.02. The van der Waals surface area contributed by atoms with E-state index in [1.165, 1.54) is 11.1 Å². The molecule has 0 amide bonds. The van der Waals surface area contributed by atoms with Crippen molar-refractivity contribution in [3.05, 3.63) is 57.8 Å². The van der Waals surface area contributed by atoms with Gasteiger partial charge in [-0.3, -0.25) is 0 Å². The van der Waals surface area contributed by atoms with Crippen LogP contribution in [0, 0.1) is 5.41 Å². The highest BCUT2D eigenvalue weighted by Crippen LogP contribution is 2.54. The van der Waals surface area contributed by atoms with Crippen LogP contribution >= 0.6 is 15.9 Å². The second kappa shape index (κ2) is 7.29. The van der Waals surface area contributed by atoms with Gasteiger partial charge in [0.25, 0.3) is 0 Å². The Morgan fingerprint density at radius 2 is 2.15 bits per heavy atom. The molecular formula is C21H25BrN2O2. The molecule has 1 saturated heterocycles. The molecule has 2 aliphatic rings. The molecule has 1 spiro atoms. The fourth-order valence-corrected chi connectivity index (χ4v) is 5.21. The number of fused-ring (bicyclic) bond motifs is 1. The van der Waals surface area contributed by atoms with Crippen molar-refractivity contribution in [2.24, 2.45) is 5.41 Å². The maximum Gasteiger partial charge on any atom is 0.119 e. The number of hydrogen-bond acceptors (Lipinski definition) is 4. The summed E-state index contributed by atoms with van der Waals surface area (Å²) in [5, 5.41) is 3.70. The van der Waals surface area contributed by atoms with Crippen LogP contribution in [0.5, 0.6) is 5.75 Å². The van der Waals surface area contributed by atoms with E-state index in [9.17, 15) is 0 Å². The lowest BCUT2D eigenvalue weighted by molar-refractivity contribution is -0.0291. The Hall–Kier alpha value is -1.43. The van der Waals surface area contributed by atoms with Gasteiger partial charge >= 0.3 is 0 Å². The van der Waals surface area contributed by atoms with E-state index in [0.717, 1.165) is 48.3 Å². The normalized spacial score (nSPS) is 27.5. The van der Waals surface area contributed by atoms with Gasteiger partial charge in [-0.25, -0.2) is 4.98 Å². The van der Waals surface area contributed by atoms with E-state index in [1.807, 2.05) is 13.2 Å². The van der Waals surface area contributed by atoms with Crippen molar-refractivity contribution in [1.82, 2.24) is 10.3 Å². The van der Waals surface area contributed by atoms with Crippen molar-refractivity contribution < 1.29 is 9.47 Å². The standard InChI is InChI=1S/C21H25BrN2O2/c1-25-17-7-6-14-12-21(20(26-2)18(14)11-17)8-9-23-16(13-21)10-15-4-3-5-19(22)24-15/h3-7,11,16,20,23H,8-10,12-13H2,1-2H3. The molecule has 138 valence electrons. The largest absolute Gasteiger partial charge is 0.497 e. The van der Waals surface area contributed by atoms with Crippen LogP contribution in [0.25, 0.3) is 0 Å². The van der Waals surface area contributed by atoms with E-state index < -0.39 is 0 Å². The molecule has 3 atom stereocenters. The molecule has 0 saturated carbocycles. The number of aromatic nitrogens is 1. The van der Waals surface area contributed by atoms with Crippen molar-refractivity contribution >= 4 is 15.9 Å². The summed E-state index contributed by atoms with van der Waals surface area (Å²) in [6.07, 6.45) is 4.38. The van der Waals surface area contributed by atoms with Crippen LogP contribution in [-0.4, -0.2) is 31.8 Å². The molecule has 3 unspecified atom stereocenters. The second-order valence-corrected chi connectivity index (χ2v) is 8.29. The molecule has 1 aliphatic carbocycles. The number of nitrogens with one attached hydrogen (secondary N) is 1. The summed E-state index contributed by atoms with van der Waals surface area (Å²) >= 11 is 3.48. The van der Waals surface area contributed by atoms with Crippen LogP contribution < -0.4 is 10.1 Å². The van der Waals surface area contributed by atoms with Gasteiger partial charge in [-0.15, -0.1) is 0 Å². The number of piperidine rings is 1. The molecule has 0 bridgehead atoms. The zero-order valence-electron chi connectivity index (χ0n) is 15.3. The SMILES string of the molecule is COc1ccc2c(c1)C(OC)C1(CCNC(Cc3cccc(Br)n3)C1)C2. The Morgan fingerprint density at radius 3 is 2.92 bits per heavy atom. The van der Waals surface area contributed by atoms with E-state index in [4.69, 9.17) is 9.47 Å². The lowest BCUT2D eigenvalue weighted by Gasteiger charge is -2.42. The van der Waals surface area contributed by atoms with Gasteiger partial charge < -0.3 is 14.8 Å². The van der Waals surface area contributed by atoms with Crippen molar-refractivity contribution in [3.8, 4) is 5.75 Å². The zero-order chi connectivity index (χ0) is 18.1. The third-order valence-electron chi connectivity index (χ3n) is 5.91. The summed E-state index contributed by atoms with van der Waals surface area (Å²) in [7, 11) is 3.56. The third kappa shape index (κ3) is 3.28. The number of benzene rings is 1. The monoisotopic (exact) mass is 416 g/mol. The van der Waals surface area contributed by atoms with Gasteiger partial charge in [-0.1, -0.05) is 12.1 Å². The minimum atomic E-state index is 0.132. The molecule has 1 aliphatic heterocycles. The molecule has 1 aromatic carbocycles. The maximum absolute atomic E-state index is 6.04. The van der Waals surface area contributed by atoms with Crippen molar-refractivity contribution in [1.29, 1.82) is 0 Å². The number of halogens is 1. The highest BCUT2D eigenvalue weighted by Gasteiger charge is 2.49. The molecular weight excluding hydrogens is 392 g/mol. The molecule has 2 aromatic rings. The van der Waals surface area contributed by atoms with Crippen LogP contribution in [0.15, 0.2) is 41.0 Å². The van der Waals surface area contributed by atoms with E-state index in [-0.39, 0.29) is 11.5 Å². The summed E-state index contributed by atoms with van der Waals surface area (Å²) in [5.41, 5.74) is 3.98. The minimum Gasteiger partial charge on any atom is -0.497 e. The number of pyridine rings is 1. The summed E-state index contributed by atoms with van der Waals surface area (Å²) in [4.78, 5) is 4.61. The Labute approximate surface area is 163 Å². The maximum atomic E-state index is 6.04. The molecule has 1 N–H and O–H groups in total. The van der Waals surface area contributed by atoms with Crippen molar-refractivity contribution in [3.63, 3.8) is 0 Å². The Balaban J connectivity index is 1.57. The quantitative estimate of drug-likeness (QED) is 0.762. The predicted octanol–water partition coefficient (Wildman–Crippen LogP) is 4.08. The first-order chi connectivity index (χ1) is 12.6. The molecule has 1 fully saturated rings. The summed E-state index contributed by atoms with van der Waals surface area (Å²) in [6, 6.07) is 13.0. The van der Waals surface area contributed by atoms with Crippen LogP contribution in [0.4, 0.5) is 0 Å². The van der Waals surface area contributed by atoms with Gasteiger partial charge in [0.1, 0.15) is 10.4 Å². The van der Waals surface area contributed by atoms with Gasteiger partial charge in [-0.2, -0.15) is 0 Å². The van der Waals surface area contributed by atoms with Crippen molar-refractivity contribution in [2.45, 2.75) is 37.8 Å². The first kappa shape index (κ1) is 18.0. The lowest BCUT2D eigenvalue weighted by atomic mass is 9.71. The topological polar surface area (TPSA) is 43.4 Å². The molecule has 26 heavy (non-hydrogen) atoms. The van der Waals surface area contributed by atoms with Crippen LogP contribution in [0.1, 0.15) is 35.8 Å². The molecule has 5 heteroatoms. The fourth-order valence-electron chi connectivity index (χ4n) is 4.83. The van der Waals surface area contributed by atoms with Gasteiger partial charge in [0.2, 0.25) is 0 Å². The number of rotatable bonds is 4. The van der Waals surface area contributed by atoms with Crippen LogP contribution in [0.3, 0.4) is 0 Å². The van der Waals surface area contributed by atoms with E-state index in [1.54, 1.807) is 7.11 Å². The highest BCUT2D eigenvalue weighted by atomic mass is 79.9. The summed E-state index contributed by atoms with van der Waals surface area (Å²) in [5.74, 6) is 0.909. The number of ether oxygens (including phenoxy) is 2. The van der Waals surface area contributed by atoms with Gasteiger partial charge in [0.15, 0.2) is 0 Å². The predicted molar refractivity (Wildman–Crippen MR) is 106 cm³/mol. The third-order valence-corrected chi connectivity index (χ3v) is 6.35. The van der Waals surface area contributed by atoms with Crippen LogP contribution in [0.2, 0.25) is 0 Å². The minimum absolute atomic E-state index is 0.132. The summed E-state index contributed by atoms with van der Waals surface area (Å²) < 4.78 is 12.4. The molecule has 1 aromatic heterocycles. The Kier molecular flexibility index (Phi) is 5.04. The smallest absolute Gasteiger partial charge is 0.119 e. The van der Waals surface area contributed by atoms with E-state index in [0.29, 0.717) is 6.04 Å². The van der Waals surface area contributed by atoms with Gasteiger partial charge in [0.05, 0.1) is 13.2 Å². The zero-order valence-corrected chi connectivity index (χ0v) is 16.9. The Morgan fingerprint density at radius 1 is 1.27 bits per heavy atom.